The van der Waals surface area contributed by atoms with E-state index in [1.807, 2.05) is 55.2 Å². The molecule has 1 aliphatic heterocycles. The van der Waals surface area contributed by atoms with E-state index in [0.29, 0.717) is 0 Å². The molecule has 1 saturated heterocycles. The number of hydrogen-bond acceptors (Lipinski definition) is 3. The standard InChI is InChI=1S/C17H27N3O.ClH/c1-18-10-7-14-8-11-20(12-9-14)17(21)15-5-4-6-16(13-15)19(2)3;/h4-6,13-14,18H,7-12H2,1-3H3;1H. The Morgan fingerprint density at radius 3 is 2.59 bits per heavy atom. The number of carbonyl (C=O) groups excluding carboxylic acids is 1. The number of benzene rings is 1. The Morgan fingerprint density at radius 2 is 2.00 bits per heavy atom. The van der Waals surface area contributed by atoms with Crippen LogP contribution in [0.2, 0.25) is 0 Å². The van der Waals surface area contributed by atoms with E-state index in [-0.39, 0.29) is 18.3 Å². The lowest BCUT2D eigenvalue weighted by molar-refractivity contribution is 0.0687. The Hall–Kier alpha value is -1.26. The topological polar surface area (TPSA) is 35.6 Å². The van der Waals surface area contributed by atoms with E-state index in [1.165, 1.54) is 6.42 Å². The zero-order valence-corrected chi connectivity index (χ0v) is 14.7. The third-order valence-electron chi connectivity index (χ3n) is 4.31. The van der Waals surface area contributed by atoms with Gasteiger partial charge in [-0.15, -0.1) is 12.4 Å². The summed E-state index contributed by atoms with van der Waals surface area (Å²) < 4.78 is 0. The summed E-state index contributed by atoms with van der Waals surface area (Å²) >= 11 is 0. The van der Waals surface area contributed by atoms with E-state index < -0.39 is 0 Å². The van der Waals surface area contributed by atoms with E-state index in [4.69, 9.17) is 0 Å². The van der Waals surface area contributed by atoms with E-state index in [1.54, 1.807) is 0 Å². The van der Waals surface area contributed by atoms with Gasteiger partial charge in [0.2, 0.25) is 0 Å². The molecule has 1 aromatic rings. The summed E-state index contributed by atoms with van der Waals surface area (Å²) in [7, 11) is 5.99. The first-order chi connectivity index (χ1) is 10.1. The third-order valence-corrected chi connectivity index (χ3v) is 4.31. The van der Waals surface area contributed by atoms with E-state index in [0.717, 1.165) is 49.6 Å². The highest BCUT2D eigenvalue weighted by molar-refractivity contribution is 5.95. The minimum absolute atomic E-state index is 0. The number of amides is 1. The fourth-order valence-electron chi connectivity index (χ4n) is 2.87. The molecule has 0 unspecified atom stereocenters. The van der Waals surface area contributed by atoms with Gasteiger partial charge >= 0.3 is 0 Å². The van der Waals surface area contributed by atoms with Crippen LogP contribution in [0.1, 0.15) is 29.6 Å². The number of halogens is 1. The van der Waals surface area contributed by atoms with Crippen molar-refractivity contribution < 1.29 is 4.79 Å². The van der Waals surface area contributed by atoms with Crippen LogP contribution in [0.3, 0.4) is 0 Å². The van der Waals surface area contributed by atoms with Crippen LogP contribution in [0.15, 0.2) is 24.3 Å². The van der Waals surface area contributed by atoms with Crippen LogP contribution in [-0.2, 0) is 0 Å². The van der Waals surface area contributed by atoms with Crippen molar-refractivity contribution in [1.82, 2.24) is 10.2 Å². The zero-order valence-electron chi connectivity index (χ0n) is 13.8. The highest BCUT2D eigenvalue weighted by Crippen LogP contribution is 2.22. The van der Waals surface area contributed by atoms with Gasteiger partial charge < -0.3 is 15.1 Å². The Bertz CT molecular complexity index is 471. The van der Waals surface area contributed by atoms with Crippen LogP contribution >= 0.6 is 12.4 Å². The molecule has 1 heterocycles. The Kier molecular flexibility index (Phi) is 7.69. The van der Waals surface area contributed by atoms with Crippen LogP contribution in [0.25, 0.3) is 0 Å². The number of rotatable bonds is 5. The second-order valence-corrected chi connectivity index (χ2v) is 6.07. The molecule has 1 aliphatic rings. The molecule has 1 N–H and O–H groups in total. The molecule has 0 aromatic heterocycles. The lowest BCUT2D eigenvalue weighted by atomic mass is 9.93. The molecule has 2 rings (SSSR count). The smallest absolute Gasteiger partial charge is 0.253 e. The van der Waals surface area contributed by atoms with Crippen molar-refractivity contribution in [3.8, 4) is 0 Å². The van der Waals surface area contributed by atoms with Gasteiger partial charge in [-0.2, -0.15) is 0 Å². The van der Waals surface area contributed by atoms with Crippen molar-refractivity contribution in [2.24, 2.45) is 5.92 Å². The number of piperidine rings is 1. The zero-order chi connectivity index (χ0) is 15.2. The summed E-state index contributed by atoms with van der Waals surface area (Å²) in [5.41, 5.74) is 1.87. The van der Waals surface area contributed by atoms with E-state index >= 15 is 0 Å². The summed E-state index contributed by atoms with van der Waals surface area (Å²) in [6.07, 6.45) is 3.47. The van der Waals surface area contributed by atoms with Gasteiger partial charge in [-0.3, -0.25) is 4.79 Å². The number of hydrogen-bond donors (Lipinski definition) is 1. The van der Waals surface area contributed by atoms with E-state index in [2.05, 4.69) is 5.32 Å². The van der Waals surface area contributed by atoms with Crippen molar-refractivity contribution in [2.75, 3.05) is 45.7 Å². The van der Waals surface area contributed by atoms with Gasteiger partial charge in [0.05, 0.1) is 0 Å². The maximum Gasteiger partial charge on any atom is 0.253 e. The van der Waals surface area contributed by atoms with Gasteiger partial charge in [-0.05, 0) is 57.0 Å². The summed E-state index contributed by atoms with van der Waals surface area (Å²) in [6, 6.07) is 7.89. The van der Waals surface area contributed by atoms with Crippen LogP contribution in [0.5, 0.6) is 0 Å². The van der Waals surface area contributed by atoms with Gasteiger partial charge in [-0.25, -0.2) is 0 Å². The monoisotopic (exact) mass is 325 g/mol. The third kappa shape index (κ3) is 4.89. The molecule has 0 spiro atoms. The molecule has 22 heavy (non-hydrogen) atoms. The van der Waals surface area contributed by atoms with Crippen molar-refractivity contribution in [3.05, 3.63) is 29.8 Å². The second kappa shape index (κ2) is 9.01. The van der Waals surface area contributed by atoms with Crippen molar-refractivity contribution in [3.63, 3.8) is 0 Å². The molecule has 0 radical (unpaired) electrons. The molecule has 0 bridgehead atoms. The van der Waals surface area contributed by atoms with Gasteiger partial charge in [-0.1, -0.05) is 6.07 Å². The maximum atomic E-state index is 12.6. The molecule has 0 atom stereocenters. The molecule has 1 fully saturated rings. The second-order valence-electron chi connectivity index (χ2n) is 6.07. The highest BCUT2D eigenvalue weighted by atomic mass is 35.5. The Balaban J connectivity index is 0.00000242. The predicted molar refractivity (Wildman–Crippen MR) is 95.2 cm³/mol. The summed E-state index contributed by atoms with van der Waals surface area (Å²) in [5.74, 6) is 0.931. The lowest BCUT2D eigenvalue weighted by Crippen LogP contribution is -2.39. The molecule has 1 aromatic carbocycles. The van der Waals surface area contributed by atoms with Gasteiger partial charge in [0.25, 0.3) is 5.91 Å². The molecule has 1 amide bonds. The largest absolute Gasteiger partial charge is 0.378 e. The fraction of sp³-hybridized carbons (Fsp3) is 0.588. The number of nitrogens with zero attached hydrogens (tertiary/aromatic N) is 2. The van der Waals surface area contributed by atoms with Gasteiger partial charge in [0.15, 0.2) is 0 Å². The van der Waals surface area contributed by atoms with Crippen LogP contribution in [0.4, 0.5) is 5.69 Å². The average Bonchev–Trinajstić information content (AvgIpc) is 2.53. The van der Waals surface area contributed by atoms with E-state index in [9.17, 15) is 4.79 Å². The Morgan fingerprint density at radius 1 is 1.32 bits per heavy atom. The minimum atomic E-state index is 0. The summed E-state index contributed by atoms with van der Waals surface area (Å²) in [4.78, 5) is 16.6. The molecule has 4 nitrogen and oxygen atoms in total. The number of carbonyl (C=O) groups is 1. The molecule has 124 valence electrons. The quantitative estimate of drug-likeness (QED) is 0.904. The normalized spacial score (nSPS) is 15.3. The van der Waals surface area contributed by atoms with Crippen molar-refractivity contribution in [1.29, 1.82) is 0 Å². The number of anilines is 1. The molecular formula is C17H28ClN3O. The van der Waals surface area contributed by atoms with Crippen molar-refractivity contribution in [2.45, 2.75) is 19.3 Å². The average molecular weight is 326 g/mol. The number of nitrogens with one attached hydrogen (secondary N) is 1. The Labute approximate surface area is 140 Å². The first kappa shape index (κ1) is 18.8. The van der Waals surface area contributed by atoms with Gasteiger partial charge in [0.1, 0.15) is 0 Å². The predicted octanol–water partition coefficient (Wildman–Crippen LogP) is 2.64. The summed E-state index contributed by atoms with van der Waals surface area (Å²) in [5, 5.41) is 3.21. The summed E-state index contributed by atoms with van der Waals surface area (Å²) in [6.45, 7) is 2.85. The van der Waals surface area contributed by atoms with Gasteiger partial charge in [0, 0.05) is 38.4 Å². The molecule has 0 saturated carbocycles. The number of likely N-dealkylation sites (tertiary alicyclic amines) is 1. The van der Waals surface area contributed by atoms with Crippen LogP contribution in [-0.4, -0.2) is 51.6 Å². The molecular weight excluding hydrogens is 298 g/mol. The minimum Gasteiger partial charge on any atom is -0.378 e. The molecule has 0 aliphatic carbocycles. The fourth-order valence-corrected chi connectivity index (χ4v) is 2.87. The SMILES string of the molecule is CNCCC1CCN(C(=O)c2cccc(N(C)C)c2)CC1.Cl. The van der Waals surface area contributed by atoms with Crippen LogP contribution < -0.4 is 10.2 Å². The van der Waals surface area contributed by atoms with Crippen LogP contribution in [0, 0.1) is 5.92 Å². The molecule has 5 heteroatoms. The lowest BCUT2D eigenvalue weighted by Gasteiger charge is -2.32. The highest BCUT2D eigenvalue weighted by Gasteiger charge is 2.23. The first-order valence-corrected chi connectivity index (χ1v) is 7.83. The van der Waals surface area contributed by atoms with Crippen molar-refractivity contribution >= 4 is 24.0 Å². The first-order valence-electron chi connectivity index (χ1n) is 7.83. The maximum absolute atomic E-state index is 12.6.